The lowest BCUT2D eigenvalue weighted by Crippen LogP contribution is -2.49. The zero-order valence-corrected chi connectivity index (χ0v) is 20.2. The first-order valence-electron chi connectivity index (χ1n) is 11.7. The number of carbonyl (C=O) groups is 4. The number of anilines is 2. The molecule has 1 aromatic rings. The largest absolute Gasteiger partial charge is 0.460 e. The van der Waals surface area contributed by atoms with Gasteiger partial charge < -0.3 is 20.3 Å². The Morgan fingerprint density at radius 2 is 1.76 bits per heavy atom. The fraction of sp³-hybridized carbons (Fsp3) is 0.583. The first kappa shape index (κ1) is 25.6. The molecule has 10 heteroatoms. The minimum Gasteiger partial charge on any atom is -0.460 e. The number of piperazine rings is 1. The van der Waals surface area contributed by atoms with Gasteiger partial charge in [-0.1, -0.05) is 6.07 Å². The van der Waals surface area contributed by atoms with Crippen LogP contribution < -0.4 is 16.0 Å². The topological polar surface area (TPSA) is 120 Å². The number of amides is 3. The molecule has 2 saturated heterocycles. The smallest absolute Gasteiger partial charge is 0.307 e. The Labute approximate surface area is 200 Å². The molecule has 3 rings (SSSR count). The number of piperidine rings is 1. The van der Waals surface area contributed by atoms with Crippen LogP contribution in [-0.2, 0) is 23.9 Å². The van der Waals surface area contributed by atoms with Gasteiger partial charge >= 0.3 is 5.97 Å². The van der Waals surface area contributed by atoms with E-state index in [1.165, 1.54) is 0 Å². The average molecular weight is 474 g/mol. The van der Waals surface area contributed by atoms with E-state index in [1.807, 2.05) is 26.8 Å². The summed E-state index contributed by atoms with van der Waals surface area (Å²) in [5.74, 6) is -0.896. The number of esters is 1. The third-order valence-electron chi connectivity index (χ3n) is 5.61. The Kier molecular flexibility index (Phi) is 8.62. The fourth-order valence-electron chi connectivity index (χ4n) is 3.94. The SMILES string of the molecule is CC(C)(C)OC(=O)CCN1CCN(CC(=O)Nc2cccc(NC3CCC(=O)NC3=O)c2)CC1. The van der Waals surface area contributed by atoms with Crippen molar-refractivity contribution in [1.29, 1.82) is 0 Å². The van der Waals surface area contributed by atoms with Gasteiger partial charge in [0.05, 0.1) is 13.0 Å². The molecule has 1 atom stereocenters. The highest BCUT2D eigenvalue weighted by Crippen LogP contribution is 2.18. The third-order valence-corrected chi connectivity index (χ3v) is 5.61. The van der Waals surface area contributed by atoms with Crippen molar-refractivity contribution in [2.24, 2.45) is 0 Å². The second-order valence-corrected chi connectivity index (χ2v) is 9.73. The molecule has 2 heterocycles. The van der Waals surface area contributed by atoms with Crippen molar-refractivity contribution in [3.63, 3.8) is 0 Å². The molecular weight excluding hydrogens is 438 g/mol. The summed E-state index contributed by atoms with van der Waals surface area (Å²) in [6, 6.07) is 6.71. The van der Waals surface area contributed by atoms with E-state index in [0.717, 1.165) is 26.2 Å². The van der Waals surface area contributed by atoms with Gasteiger partial charge in [0.1, 0.15) is 11.6 Å². The summed E-state index contributed by atoms with van der Waals surface area (Å²) in [6.45, 7) is 9.60. The lowest BCUT2D eigenvalue weighted by Gasteiger charge is -2.34. The summed E-state index contributed by atoms with van der Waals surface area (Å²) in [5.41, 5.74) is 0.869. The molecule has 0 aromatic heterocycles. The quantitative estimate of drug-likeness (QED) is 0.381. The Hall–Kier alpha value is -2.98. The highest BCUT2D eigenvalue weighted by atomic mass is 16.6. The van der Waals surface area contributed by atoms with Gasteiger partial charge in [-0.3, -0.25) is 29.4 Å². The highest BCUT2D eigenvalue weighted by molar-refractivity contribution is 6.01. The first-order valence-corrected chi connectivity index (χ1v) is 11.7. The third kappa shape index (κ3) is 8.42. The molecule has 1 unspecified atom stereocenters. The van der Waals surface area contributed by atoms with Crippen LogP contribution in [0.1, 0.15) is 40.0 Å². The number of benzene rings is 1. The van der Waals surface area contributed by atoms with E-state index in [-0.39, 0.29) is 30.2 Å². The van der Waals surface area contributed by atoms with Crippen molar-refractivity contribution in [3.8, 4) is 0 Å². The second kappa shape index (κ2) is 11.4. The number of hydrogen-bond donors (Lipinski definition) is 3. The molecule has 10 nitrogen and oxygen atoms in total. The number of hydrogen-bond acceptors (Lipinski definition) is 8. The molecule has 34 heavy (non-hydrogen) atoms. The minimum atomic E-state index is -0.477. The van der Waals surface area contributed by atoms with Gasteiger partial charge in [-0.05, 0) is 45.4 Å². The first-order chi connectivity index (χ1) is 16.1. The van der Waals surface area contributed by atoms with Crippen molar-refractivity contribution >= 4 is 35.1 Å². The van der Waals surface area contributed by atoms with Gasteiger partial charge in [0, 0.05) is 50.5 Å². The normalized spacial score (nSPS) is 19.9. The number of nitrogens with one attached hydrogen (secondary N) is 3. The van der Waals surface area contributed by atoms with E-state index in [9.17, 15) is 19.2 Å². The van der Waals surface area contributed by atoms with Crippen LogP contribution in [0.2, 0.25) is 0 Å². The van der Waals surface area contributed by atoms with Gasteiger partial charge in [-0.25, -0.2) is 0 Å². The summed E-state index contributed by atoms with van der Waals surface area (Å²) >= 11 is 0. The molecule has 0 aliphatic carbocycles. The molecule has 186 valence electrons. The van der Waals surface area contributed by atoms with Gasteiger partial charge in [0.2, 0.25) is 17.7 Å². The van der Waals surface area contributed by atoms with Gasteiger partial charge in [-0.2, -0.15) is 0 Å². The molecule has 3 N–H and O–H groups in total. The highest BCUT2D eigenvalue weighted by Gasteiger charge is 2.26. The predicted octanol–water partition coefficient (Wildman–Crippen LogP) is 1.19. The predicted molar refractivity (Wildman–Crippen MR) is 128 cm³/mol. The number of rotatable bonds is 8. The van der Waals surface area contributed by atoms with E-state index in [2.05, 4.69) is 25.8 Å². The van der Waals surface area contributed by atoms with Crippen molar-refractivity contribution in [2.45, 2.75) is 51.7 Å². The molecule has 0 radical (unpaired) electrons. The molecular formula is C24H35N5O5. The lowest BCUT2D eigenvalue weighted by molar-refractivity contribution is -0.155. The maximum Gasteiger partial charge on any atom is 0.307 e. The van der Waals surface area contributed by atoms with Crippen LogP contribution in [-0.4, -0.2) is 84.4 Å². The number of ether oxygens (including phenoxy) is 1. The van der Waals surface area contributed by atoms with Crippen LogP contribution in [0, 0.1) is 0 Å². The van der Waals surface area contributed by atoms with Crippen LogP contribution in [0.15, 0.2) is 24.3 Å². The van der Waals surface area contributed by atoms with Gasteiger partial charge in [-0.15, -0.1) is 0 Å². The van der Waals surface area contributed by atoms with E-state index < -0.39 is 11.6 Å². The van der Waals surface area contributed by atoms with Gasteiger partial charge in [0.15, 0.2) is 0 Å². The van der Waals surface area contributed by atoms with E-state index in [0.29, 0.717) is 37.2 Å². The van der Waals surface area contributed by atoms with Crippen molar-refractivity contribution in [3.05, 3.63) is 24.3 Å². The zero-order chi connectivity index (χ0) is 24.7. The maximum absolute atomic E-state index is 12.5. The Morgan fingerprint density at radius 1 is 1.09 bits per heavy atom. The molecule has 2 aliphatic rings. The molecule has 2 aliphatic heterocycles. The van der Waals surface area contributed by atoms with Crippen molar-refractivity contribution in [2.75, 3.05) is 49.9 Å². The molecule has 1 aromatic carbocycles. The number of imide groups is 1. The zero-order valence-electron chi connectivity index (χ0n) is 20.2. The summed E-state index contributed by atoms with van der Waals surface area (Å²) in [7, 11) is 0. The number of nitrogens with zero attached hydrogens (tertiary/aromatic N) is 2. The fourth-order valence-corrected chi connectivity index (χ4v) is 3.94. The van der Waals surface area contributed by atoms with E-state index in [1.54, 1.807) is 18.2 Å². The summed E-state index contributed by atoms with van der Waals surface area (Å²) in [4.78, 5) is 52.0. The summed E-state index contributed by atoms with van der Waals surface area (Å²) in [5, 5.41) is 8.35. The van der Waals surface area contributed by atoms with Crippen molar-refractivity contribution in [1.82, 2.24) is 15.1 Å². The average Bonchev–Trinajstić information content (AvgIpc) is 2.74. The van der Waals surface area contributed by atoms with Crippen LogP contribution in [0.3, 0.4) is 0 Å². The molecule has 0 bridgehead atoms. The van der Waals surface area contributed by atoms with E-state index in [4.69, 9.17) is 4.74 Å². The summed E-state index contributed by atoms with van der Waals surface area (Å²) in [6.07, 6.45) is 1.10. The Morgan fingerprint density at radius 3 is 2.44 bits per heavy atom. The second-order valence-electron chi connectivity index (χ2n) is 9.73. The number of carbonyl (C=O) groups excluding carboxylic acids is 4. The van der Waals surface area contributed by atoms with Crippen LogP contribution in [0.5, 0.6) is 0 Å². The van der Waals surface area contributed by atoms with E-state index >= 15 is 0 Å². The Balaban J connectivity index is 1.39. The van der Waals surface area contributed by atoms with Crippen LogP contribution >= 0.6 is 0 Å². The lowest BCUT2D eigenvalue weighted by atomic mass is 10.1. The van der Waals surface area contributed by atoms with Crippen molar-refractivity contribution < 1.29 is 23.9 Å². The molecule has 2 fully saturated rings. The van der Waals surface area contributed by atoms with Crippen LogP contribution in [0.25, 0.3) is 0 Å². The monoisotopic (exact) mass is 473 g/mol. The Bertz CT molecular complexity index is 905. The summed E-state index contributed by atoms with van der Waals surface area (Å²) < 4.78 is 5.35. The van der Waals surface area contributed by atoms with Crippen LogP contribution in [0.4, 0.5) is 11.4 Å². The van der Waals surface area contributed by atoms with Gasteiger partial charge in [0.25, 0.3) is 0 Å². The molecule has 0 spiro atoms. The molecule has 0 saturated carbocycles. The standard InChI is InChI=1S/C24H35N5O5/c1-24(2,3)34-22(32)9-10-28-11-13-29(14-12-28)16-21(31)26-18-6-4-5-17(15-18)25-19-7-8-20(30)27-23(19)33/h4-6,15,19,25H,7-14,16H2,1-3H3,(H,26,31)(H,27,30,33). The molecule has 3 amide bonds. The minimum absolute atomic E-state index is 0.111. The maximum atomic E-state index is 12.5.